The Morgan fingerprint density at radius 3 is 2.57 bits per heavy atom. The van der Waals surface area contributed by atoms with Gasteiger partial charge >= 0.3 is 0 Å². The Balaban J connectivity index is 1.85. The Kier molecular flexibility index (Phi) is 3.61. The lowest BCUT2D eigenvalue weighted by molar-refractivity contribution is 0.881. The van der Waals surface area contributed by atoms with Gasteiger partial charge in [-0.2, -0.15) is 0 Å². The second kappa shape index (κ2) is 5.57. The molecule has 21 heavy (non-hydrogen) atoms. The topological polar surface area (TPSA) is 24.9 Å². The molecule has 1 atom stereocenters. The van der Waals surface area contributed by atoms with Crippen molar-refractivity contribution in [1.82, 2.24) is 4.98 Å². The second-order valence-electron chi connectivity index (χ2n) is 5.63. The SMILES string of the molecule is Cc1ccc(C(C)Nc2cnc3ccccc3c2)cc1C. The lowest BCUT2D eigenvalue weighted by Gasteiger charge is -2.17. The second-order valence-corrected chi connectivity index (χ2v) is 5.63. The van der Waals surface area contributed by atoms with Crippen molar-refractivity contribution in [3.05, 3.63) is 71.4 Å². The Morgan fingerprint density at radius 1 is 0.952 bits per heavy atom. The summed E-state index contributed by atoms with van der Waals surface area (Å²) in [6.45, 7) is 6.48. The van der Waals surface area contributed by atoms with Gasteiger partial charge in [-0.15, -0.1) is 0 Å². The molecule has 0 aliphatic carbocycles. The van der Waals surface area contributed by atoms with Crippen LogP contribution < -0.4 is 5.32 Å². The number of fused-ring (bicyclic) bond motifs is 1. The summed E-state index contributed by atoms with van der Waals surface area (Å²) >= 11 is 0. The summed E-state index contributed by atoms with van der Waals surface area (Å²) in [6, 6.07) is 17.2. The zero-order valence-corrected chi connectivity index (χ0v) is 12.7. The third-order valence-electron chi connectivity index (χ3n) is 4.00. The lowest BCUT2D eigenvalue weighted by atomic mass is 10.0. The van der Waals surface area contributed by atoms with Gasteiger partial charge in [0.1, 0.15) is 0 Å². The van der Waals surface area contributed by atoms with E-state index in [-0.39, 0.29) is 6.04 Å². The van der Waals surface area contributed by atoms with Gasteiger partial charge in [-0.3, -0.25) is 4.98 Å². The van der Waals surface area contributed by atoms with Gasteiger partial charge in [0.15, 0.2) is 0 Å². The van der Waals surface area contributed by atoms with E-state index in [1.165, 1.54) is 16.7 Å². The van der Waals surface area contributed by atoms with Crippen LogP contribution in [0.1, 0.15) is 29.7 Å². The lowest BCUT2D eigenvalue weighted by Crippen LogP contribution is -2.07. The highest BCUT2D eigenvalue weighted by Crippen LogP contribution is 2.23. The summed E-state index contributed by atoms with van der Waals surface area (Å²) in [5.74, 6) is 0. The summed E-state index contributed by atoms with van der Waals surface area (Å²) in [5, 5.41) is 4.70. The normalized spacial score (nSPS) is 12.3. The summed E-state index contributed by atoms with van der Waals surface area (Å²) in [4.78, 5) is 4.50. The van der Waals surface area contributed by atoms with Gasteiger partial charge in [0.2, 0.25) is 0 Å². The number of benzene rings is 2. The highest BCUT2D eigenvalue weighted by Gasteiger charge is 2.07. The number of anilines is 1. The molecule has 1 heterocycles. The van der Waals surface area contributed by atoms with Crippen LogP contribution >= 0.6 is 0 Å². The summed E-state index contributed by atoms with van der Waals surface area (Å²) in [5.41, 5.74) is 6.05. The molecule has 0 amide bonds. The maximum atomic E-state index is 4.50. The number of aryl methyl sites for hydroxylation is 2. The van der Waals surface area contributed by atoms with Crippen molar-refractivity contribution >= 4 is 16.6 Å². The van der Waals surface area contributed by atoms with Crippen molar-refractivity contribution in [1.29, 1.82) is 0 Å². The van der Waals surface area contributed by atoms with Gasteiger partial charge in [-0.1, -0.05) is 36.4 Å². The van der Waals surface area contributed by atoms with Gasteiger partial charge < -0.3 is 5.32 Å². The van der Waals surface area contributed by atoms with E-state index in [0.717, 1.165) is 16.6 Å². The van der Waals surface area contributed by atoms with E-state index in [2.05, 4.69) is 61.4 Å². The van der Waals surface area contributed by atoms with Crippen LogP contribution in [0, 0.1) is 13.8 Å². The molecule has 1 unspecified atom stereocenters. The van der Waals surface area contributed by atoms with Gasteiger partial charge in [-0.05, 0) is 49.6 Å². The molecule has 0 fully saturated rings. The number of pyridine rings is 1. The number of nitrogens with one attached hydrogen (secondary N) is 1. The minimum absolute atomic E-state index is 0.257. The van der Waals surface area contributed by atoms with Crippen LogP contribution in [-0.2, 0) is 0 Å². The fourth-order valence-electron chi connectivity index (χ4n) is 2.52. The van der Waals surface area contributed by atoms with Gasteiger partial charge in [0.05, 0.1) is 17.4 Å². The quantitative estimate of drug-likeness (QED) is 0.726. The number of aromatic nitrogens is 1. The first-order valence-electron chi connectivity index (χ1n) is 7.32. The molecule has 1 aromatic heterocycles. The van der Waals surface area contributed by atoms with Crippen molar-refractivity contribution in [3.8, 4) is 0 Å². The van der Waals surface area contributed by atoms with E-state index in [1.807, 2.05) is 24.4 Å². The van der Waals surface area contributed by atoms with Crippen LogP contribution in [-0.4, -0.2) is 4.98 Å². The fourth-order valence-corrected chi connectivity index (χ4v) is 2.52. The molecule has 2 nitrogen and oxygen atoms in total. The Bertz CT molecular complexity index is 777. The van der Waals surface area contributed by atoms with Gasteiger partial charge in [-0.25, -0.2) is 0 Å². The van der Waals surface area contributed by atoms with Gasteiger partial charge in [0, 0.05) is 11.4 Å². The first kappa shape index (κ1) is 13.6. The molecule has 0 radical (unpaired) electrons. The van der Waals surface area contributed by atoms with Crippen molar-refractivity contribution < 1.29 is 0 Å². The molecule has 3 rings (SSSR count). The van der Waals surface area contributed by atoms with Gasteiger partial charge in [0.25, 0.3) is 0 Å². The zero-order valence-electron chi connectivity index (χ0n) is 12.7. The Morgan fingerprint density at radius 2 is 1.76 bits per heavy atom. The monoisotopic (exact) mass is 276 g/mol. The fraction of sp³-hybridized carbons (Fsp3) is 0.211. The van der Waals surface area contributed by atoms with Crippen molar-refractivity contribution in [2.24, 2.45) is 0 Å². The van der Waals surface area contributed by atoms with Crippen LogP contribution in [0.2, 0.25) is 0 Å². The third-order valence-corrected chi connectivity index (χ3v) is 4.00. The molecule has 3 aromatic rings. The van der Waals surface area contributed by atoms with E-state index in [1.54, 1.807) is 0 Å². The highest BCUT2D eigenvalue weighted by molar-refractivity contribution is 5.81. The van der Waals surface area contributed by atoms with Crippen LogP contribution in [0.15, 0.2) is 54.7 Å². The molecule has 0 aliphatic heterocycles. The summed E-state index contributed by atoms with van der Waals surface area (Å²) in [7, 11) is 0. The largest absolute Gasteiger partial charge is 0.377 e. The maximum absolute atomic E-state index is 4.50. The van der Waals surface area contributed by atoms with Crippen LogP contribution in [0.4, 0.5) is 5.69 Å². The Hall–Kier alpha value is -2.35. The van der Waals surface area contributed by atoms with E-state index >= 15 is 0 Å². The zero-order chi connectivity index (χ0) is 14.8. The minimum atomic E-state index is 0.257. The molecule has 0 spiro atoms. The van der Waals surface area contributed by atoms with E-state index in [4.69, 9.17) is 0 Å². The number of hydrogen-bond donors (Lipinski definition) is 1. The van der Waals surface area contributed by atoms with Crippen molar-refractivity contribution in [2.45, 2.75) is 26.8 Å². The molecule has 106 valence electrons. The number of nitrogens with zero attached hydrogens (tertiary/aromatic N) is 1. The number of para-hydroxylation sites is 1. The van der Waals surface area contributed by atoms with E-state index < -0.39 is 0 Å². The summed E-state index contributed by atoms with van der Waals surface area (Å²) < 4.78 is 0. The molecule has 2 heteroatoms. The maximum Gasteiger partial charge on any atom is 0.0703 e. The standard InChI is InChI=1S/C19H20N2/c1-13-8-9-16(10-14(13)2)15(3)21-18-11-17-6-4-5-7-19(17)20-12-18/h4-12,15,21H,1-3H3. The predicted molar refractivity (Wildman–Crippen MR) is 89.7 cm³/mol. The first-order chi connectivity index (χ1) is 10.1. The van der Waals surface area contributed by atoms with Crippen LogP contribution in [0.3, 0.4) is 0 Å². The minimum Gasteiger partial charge on any atom is -0.377 e. The molecular formula is C19H20N2. The smallest absolute Gasteiger partial charge is 0.0703 e. The molecule has 0 saturated heterocycles. The third kappa shape index (κ3) is 2.89. The molecule has 0 saturated carbocycles. The average molecular weight is 276 g/mol. The predicted octanol–water partition coefficient (Wildman–Crippen LogP) is 5.02. The Labute approximate surface area is 125 Å². The highest BCUT2D eigenvalue weighted by atomic mass is 14.9. The average Bonchev–Trinajstić information content (AvgIpc) is 2.50. The van der Waals surface area contributed by atoms with E-state index in [0.29, 0.717) is 0 Å². The van der Waals surface area contributed by atoms with E-state index in [9.17, 15) is 0 Å². The molecule has 0 bridgehead atoms. The summed E-state index contributed by atoms with van der Waals surface area (Å²) in [6.07, 6.45) is 1.90. The van der Waals surface area contributed by atoms with Crippen LogP contribution in [0.25, 0.3) is 10.9 Å². The number of rotatable bonds is 3. The first-order valence-corrected chi connectivity index (χ1v) is 7.32. The molecule has 1 N–H and O–H groups in total. The molecule has 2 aromatic carbocycles. The molecular weight excluding hydrogens is 256 g/mol. The molecule has 0 aliphatic rings. The van der Waals surface area contributed by atoms with Crippen molar-refractivity contribution in [2.75, 3.05) is 5.32 Å². The number of hydrogen-bond acceptors (Lipinski definition) is 2. The van der Waals surface area contributed by atoms with Crippen LogP contribution in [0.5, 0.6) is 0 Å². The van der Waals surface area contributed by atoms with Crippen molar-refractivity contribution in [3.63, 3.8) is 0 Å².